The Morgan fingerprint density at radius 1 is 1.44 bits per heavy atom. The number of nitrogens with zero attached hydrogens (tertiary/aromatic N) is 1. The molecule has 0 saturated carbocycles. The quantitative estimate of drug-likeness (QED) is 0.599. The lowest BCUT2D eigenvalue weighted by Crippen LogP contribution is -1.82. The number of hydrogen-bond donors (Lipinski definition) is 0. The van der Waals surface area contributed by atoms with Crippen molar-refractivity contribution >= 4 is 34.7 Å². The molecule has 0 radical (unpaired) electrons. The molecule has 2 aromatic rings. The molecule has 1 aromatic heterocycles. The maximum Gasteiger partial charge on any atom is 0.103 e. The maximum absolute atomic E-state index is 5.72. The number of hydrogen-bond acceptors (Lipinski definition) is 3. The van der Waals surface area contributed by atoms with Crippen molar-refractivity contribution < 1.29 is 0 Å². The number of aryl methyl sites for hydroxylation is 1. The summed E-state index contributed by atoms with van der Waals surface area (Å²) in [5.74, 6) is 1.43. The minimum absolute atomic E-state index is 0.506. The monoisotopic (exact) mass is 269 g/mol. The van der Waals surface area contributed by atoms with E-state index in [-0.39, 0.29) is 0 Å². The second kappa shape index (κ2) is 5.71. The third-order valence-electron chi connectivity index (χ3n) is 2.09. The van der Waals surface area contributed by atoms with Crippen LogP contribution in [0.4, 0.5) is 0 Å². The van der Waals surface area contributed by atoms with Gasteiger partial charge in [0.05, 0.1) is 17.3 Å². The largest absolute Gasteiger partial charge is 0.244 e. The average molecular weight is 270 g/mol. The molecule has 0 aliphatic carbocycles. The average Bonchev–Trinajstić information content (AvgIpc) is 2.74. The fourth-order valence-electron chi connectivity index (χ4n) is 1.33. The highest BCUT2D eigenvalue weighted by molar-refractivity contribution is 7.98. The molecule has 0 fully saturated rings. The molecule has 0 spiro atoms. The van der Waals surface area contributed by atoms with Gasteiger partial charge in [0.1, 0.15) is 5.01 Å². The topological polar surface area (TPSA) is 12.9 Å². The van der Waals surface area contributed by atoms with Crippen LogP contribution in [0.2, 0.25) is 0 Å². The molecule has 84 valence electrons. The van der Waals surface area contributed by atoms with Crippen LogP contribution in [0.15, 0.2) is 34.5 Å². The molecule has 16 heavy (non-hydrogen) atoms. The van der Waals surface area contributed by atoms with Crippen LogP contribution in [0, 0.1) is 6.92 Å². The normalized spacial score (nSPS) is 10.6. The standard InChI is InChI=1S/C12H12ClNS2/c1-9-3-2-4-11(5-9)15-8-12-14-10(6-13)7-16-12/h2-5,7H,6,8H2,1H3. The Bertz CT molecular complexity index is 468. The van der Waals surface area contributed by atoms with Crippen molar-refractivity contribution in [3.63, 3.8) is 0 Å². The lowest BCUT2D eigenvalue weighted by atomic mass is 10.2. The fourth-order valence-corrected chi connectivity index (χ4v) is 3.38. The van der Waals surface area contributed by atoms with Crippen molar-refractivity contribution in [3.8, 4) is 0 Å². The van der Waals surface area contributed by atoms with E-state index in [1.165, 1.54) is 10.5 Å². The third-order valence-corrected chi connectivity index (χ3v) is 4.45. The molecular weight excluding hydrogens is 258 g/mol. The Labute approximate surface area is 109 Å². The van der Waals surface area contributed by atoms with Gasteiger partial charge in [0.2, 0.25) is 0 Å². The SMILES string of the molecule is Cc1cccc(SCc2nc(CCl)cs2)c1. The Kier molecular flexibility index (Phi) is 4.27. The van der Waals surface area contributed by atoms with E-state index in [0.717, 1.165) is 16.5 Å². The van der Waals surface area contributed by atoms with Gasteiger partial charge in [-0.2, -0.15) is 0 Å². The summed E-state index contributed by atoms with van der Waals surface area (Å²) in [4.78, 5) is 5.73. The molecule has 0 N–H and O–H groups in total. The minimum atomic E-state index is 0.506. The summed E-state index contributed by atoms with van der Waals surface area (Å²) in [6.07, 6.45) is 0. The summed E-state index contributed by atoms with van der Waals surface area (Å²) in [6.45, 7) is 2.11. The van der Waals surface area contributed by atoms with Crippen molar-refractivity contribution in [3.05, 3.63) is 45.9 Å². The molecule has 2 rings (SSSR count). The van der Waals surface area contributed by atoms with Crippen LogP contribution >= 0.6 is 34.7 Å². The zero-order chi connectivity index (χ0) is 11.4. The van der Waals surface area contributed by atoms with Crippen molar-refractivity contribution in [2.24, 2.45) is 0 Å². The summed E-state index contributed by atoms with van der Waals surface area (Å²) < 4.78 is 0. The molecule has 1 nitrogen and oxygen atoms in total. The second-order valence-corrected chi connectivity index (χ2v) is 5.73. The lowest BCUT2D eigenvalue weighted by molar-refractivity contribution is 1.16. The molecule has 0 bridgehead atoms. The van der Waals surface area contributed by atoms with E-state index in [2.05, 4.69) is 36.2 Å². The molecule has 4 heteroatoms. The maximum atomic E-state index is 5.72. The zero-order valence-electron chi connectivity index (χ0n) is 8.94. The molecule has 0 atom stereocenters. The molecular formula is C12H12ClNS2. The molecule has 0 aliphatic rings. The van der Waals surface area contributed by atoms with Crippen molar-refractivity contribution in [2.75, 3.05) is 0 Å². The molecule has 1 heterocycles. The molecule has 0 saturated heterocycles. The summed E-state index contributed by atoms with van der Waals surface area (Å²) in [6, 6.07) is 8.53. The second-order valence-electron chi connectivity index (χ2n) is 3.47. The fraction of sp³-hybridized carbons (Fsp3) is 0.250. The van der Waals surface area contributed by atoms with Crippen molar-refractivity contribution in [2.45, 2.75) is 23.5 Å². The first-order chi connectivity index (χ1) is 7.78. The predicted molar refractivity (Wildman–Crippen MR) is 72.4 cm³/mol. The van der Waals surface area contributed by atoms with Gasteiger partial charge in [-0.3, -0.25) is 0 Å². The van der Waals surface area contributed by atoms with Gasteiger partial charge in [-0.1, -0.05) is 17.7 Å². The number of rotatable bonds is 4. The summed E-state index contributed by atoms with van der Waals surface area (Å²) >= 11 is 9.21. The van der Waals surface area contributed by atoms with Gasteiger partial charge in [-0.25, -0.2) is 4.98 Å². The number of benzene rings is 1. The highest BCUT2D eigenvalue weighted by atomic mass is 35.5. The minimum Gasteiger partial charge on any atom is -0.244 e. The van der Waals surface area contributed by atoms with Crippen LogP contribution in [0.1, 0.15) is 16.3 Å². The van der Waals surface area contributed by atoms with Gasteiger partial charge in [0, 0.05) is 10.3 Å². The number of thiazole rings is 1. The first-order valence-electron chi connectivity index (χ1n) is 4.96. The van der Waals surface area contributed by atoms with Crippen LogP contribution in [-0.2, 0) is 11.6 Å². The Balaban J connectivity index is 1.96. The molecule has 0 amide bonds. The van der Waals surface area contributed by atoms with Gasteiger partial charge < -0.3 is 0 Å². The van der Waals surface area contributed by atoms with E-state index < -0.39 is 0 Å². The predicted octanol–water partition coefficient (Wildman–Crippen LogP) is 4.48. The van der Waals surface area contributed by atoms with E-state index in [4.69, 9.17) is 11.6 Å². The van der Waals surface area contributed by atoms with Gasteiger partial charge in [0.15, 0.2) is 0 Å². The first-order valence-corrected chi connectivity index (χ1v) is 7.36. The lowest BCUT2D eigenvalue weighted by Gasteiger charge is -2.00. The Morgan fingerprint density at radius 3 is 3.00 bits per heavy atom. The first kappa shape index (κ1) is 12.0. The van der Waals surface area contributed by atoms with E-state index in [1.807, 2.05) is 17.1 Å². The van der Waals surface area contributed by atoms with Gasteiger partial charge in [-0.05, 0) is 19.1 Å². The highest BCUT2D eigenvalue weighted by Gasteiger charge is 2.02. The van der Waals surface area contributed by atoms with Crippen molar-refractivity contribution in [1.29, 1.82) is 0 Å². The Morgan fingerprint density at radius 2 is 2.31 bits per heavy atom. The molecule has 0 aliphatic heterocycles. The van der Waals surface area contributed by atoms with Crippen LogP contribution in [0.25, 0.3) is 0 Å². The summed E-state index contributed by atoms with van der Waals surface area (Å²) in [5, 5.41) is 3.17. The van der Waals surface area contributed by atoms with Gasteiger partial charge in [-0.15, -0.1) is 34.7 Å². The Hall–Kier alpha value is -0.510. The van der Waals surface area contributed by atoms with Gasteiger partial charge in [0.25, 0.3) is 0 Å². The molecule has 1 aromatic carbocycles. The third kappa shape index (κ3) is 3.24. The van der Waals surface area contributed by atoms with E-state index in [1.54, 1.807) is 11.3 Å². The van der Waals surface area contributed by atoms with Gasteiger partial charge >= 0.3 is 0 Å². The smallest absolute Gasteiger partial charge is 0.103 e. The zero-order valence-corrected chi connectivity index (χ0v) is 11.3. The number of halogens is 1. The van der Waals surface area contributed by atoms with Crippen LogP contribution in [0.5, 0.6) is 0 Å². The summed E-state index contributed by atoms with van der Waals surface area (Å²) in [5.41, 5.74) is 2.28. The van der Waals surface area contributed by atoms with Crippen LogP contribution in [0.3, 0.4) is 0 Å². The van der Waals surface area contributed by atoms with Crippen molar-refractivity contribution in [1.82, 2.24) is 4.98 Å². The number of thioether (sulfide) groups is 1. The van der Waals surface area contributed by atoms with E-state index in [0.29, 0.717) is 5.88 Å². The van der Waals surface area contributed by atoms with Crippen LogP contribution in [-0.4, -0.2) is 4.98 Å². The number of aromatic nitrogens is 1. The van der Waals surface area contributed by atoms with E-state index in [9.17, 15) is 0 Å². The number of alkyl halides is 1. The highest BCUT2D eigenvalue weighted by Crippen LogP contribution is 2.25. The summed E-state index contributed by atoms with van der Waals surface area (Å²) in [7, 11) is 0. The van der Waals surface area contributed by atoms with E-state index >= 15 is 0 Å². The molecule has 0 unspecified atom stereocenters. The van der Waals surface area contributed by atoms with Crippen LogP contribution < -0.4 is 0 Å².